The van der Waals surface area contributed by atoms with E-state index in [1.807, 2.05) is 19.1 Å². The van der Waals surface area contributed by atoms with Crippen molar-refractivity contribution < 1.29 is 8.42 Å². The van der Waals surface area contributed by atoms with Gasteiger partial charge in [0, 0.05) is 12.5 Å². The SMILES string of the molecule is Cc1ccc(CNc2ccccc2S(C)(=O)=O)nc1. The Balaban J connectivity index is 2.18. The van der Waals surface area contributed by atoms with Gasteiger partial charge in [-0.05, 0) is 30.7 Å². The summed E-state index contributed by atoms with van der Waals surface area (Å²) in [5.74, 6) is 0. The number of aromatic nitrogens is 1. The zero-order valence-corrected chi connectivity index (χ0v) is 11.7. The van der Waals surface area contributed by atoms with Crippen LogP contribution in [0.2, 0.25) is 0 Å². The molecule has 0 saturated carbocycles. The lowest BCUT2D eigenvalue weighted by molar-refractivity contribution is 0.602. The summed E-state index contributed by atoms with van der Waals surface area (Å²) in [4.78, 5) is 4.58. The molecule has 0 atom stereocenters. The van der Waals surface area contributed by atoms with E-state index in [-0.39, 0.29) is 0 Å². The Labute approximate surface area is 113 Å². The fraction of sp³-hybridized carbons (Fsp3) is 0.214. The minimum atomic E-state index is -3.23. The largest absolute Gasteiger partial charge is 0.378 e. The van der Waals surface area contributed by atoms with Gasteiger partial charge in [-0.1, -0.05) is 18.2 Å². The Morgan fingerprint density at radius 2 is 1.89 bits per heavy atom. The monoisotopic (exact) mass is 276 g/mol. The normalized spacial score (nSPS) is 11.3. The van der Waals surface area contributed by atoms with Crippen LogP contribution in [0.1, 0.15) is 11.3 Å². The fourth-order valence-corrected chi connectivity index (χ4v) is 2.59. The average molecular weight is 276 g/mol. The zero-order valence-electron chi connectivity index (χ0n) is 10.9. The molecule has 0 bridgehead atoms. The van der Waals surface area contributed by atoms with Gasteiger partial charge in [-0.2, -0.15) is 0 Å². The van der Waals surface area contributed by atoms with Crippen molar-refractivity contribution >= 4 is 15.5 Å². The molecule has 100 valence electrons. The number of sulfone groups is 1. The molecule has 2 aromatic rings. The number of aryl methyl sites for hydroxylation is 1. The maximum atomic E-state index is 11.7. The van der Waals surface area contributed by atoms with Crippen LogP contribution in [0.4, 0.5) is 5.69 Å². The van der Waals surface area contributed by atoms with Gasteiger partial charge < -0.3 is 5.32 Å². The van der Waals surface area contributed by atoms with Crippen LogP contribution in [0, 0.1) is 6.92 Å². The molecule has 1 N–H and O–H groups in total. The highest BCUT2D eigenvalue weighted by molar-refractivity contribution is 7.90. The number of pyridine rings is 1. The molecule has 0 radical (unpaired) electrons. The molecule has 0 saturated heterocycles. The number of hydrogen-bond donors (Lipinski definition) is 1. The first-order valence-corrected chi connectivity index (χ1v) is 7.80. The van der Waals surface area contributed by atoms with Gasteiger partial charge in [0.05, 0.1) is 22.8 Å². The third-order valence-electron chi connectivity index (χ3n) is 2.72. The lowest BCUT2D eigenvalue weighted by atomic mass is 10.2. The van der Waals surface area contributed by atoms with Crippen LogP contribution in [0.5, 0.6) is 0 Å². The average Bonchev–Trinajstić information content (AvgIpc) is 2.37. The summed E-state index contributed by atoms with van der Waals surface area (Å²) in [6.45, 7) is 2.47. The summed E-state index contributed by atoms with van der Waals surface area (Å²) < 4.78 is 23.3. The minimum absolute atomic E-state index is 0.308. The zero-order chi connectivity index (χ0) is 13.9. The first-order chi connectivity index (χ1) is 8.97. The molecule has 0 spiro atoms. The summed E-state index contributed by atoms with van der Waals surface area (Å²) >= 11 is 0. The van der Waals surface area contributed by atoms with Crippen molar-refractivity contribution in [3.05, 3.63) is 53.9 Å². The molecule has 4 nitrogen and oxygen atoms in total. The van der Waals surface area contributed by atoms with Gasteiger partial charge in [-0.15, -0.1) is 0 Å². The molecule has 1 aromatic heterocycles. The van der Waals surface area contributed by atoms with E-state index in [2.05, 4.69) is 10.3 Å². The van der Waals surface area contributed by atoms with Crippen molar-refractivity contribution in [2.75, 3.05) is 11.6 Å². The summed E-state index contributed by atoms with van der Waals surface area (Å²) in [5, 5.41) is 3.11. The van der Waals surface area contributed by atoms with Crippen molar-refractivity contribution in [2.45, 2.75) is 18.4 Å². The van der Waals surface area contributed by atoms with E-state index in [4.69, 9.17) is 0 Å². The smallest absolute Gasteiger partial charge is 0.177 e. The summed E-state index contributed by atoms with van der Waals surface area (Å²) in [7, 11) is -3.23. The van der Waals surface area contributed by atoms with Gasteiger partial charge in [0.15, 0.2) is 9.84 Å². The number of anilines is 1. The number of rotatable bonds is 4. The third-order valence-corrected chi connectivity index (χ3v) is 3.87. The molecule has 0 aliphatic rings. The molecule has 1 heterocycles. The molecule has 5 heteroatoms. The first-order valence-electron chi connectivity index (χ1n) is 5.91. The van der Waals surface area contributed by atoms with E-state index in [1.54, 1.807) is 30.5 Å². The van der Waals surface area contributed by atoms with Crippen LogP contribution >= 0.6 is 0 Å². The number of benzene rings is 1. The van der Waals surface area contributed by atoms with Crippen LogP contribution in [0.3, 0.4) is 0 Å². The molecule has 0 unspecified atom stereocenters. The lowest BCUT2D eigenvalue weighted by Crippen LogP contribution is -2.07. The molecule has 1 aromatic carbocycles. The molecule has 0 aliphatic heterocycles. The minimum Gasteiger partial charge on any atom is -0.378 e. The second-order valence-corrected chi connectivity index (χ2v) is 6.43. The van der Waals surface area contributed by atoms with Crippen molar-refractivity contribution in [2.24, 2.45) is 0 Å². The molecule has 0 amide bonds. The summed E-state index contributed by atoms with van der Waals surface area (Å²) in [6.07, 6.45) is 3.00. The van der Waals surface area contributed by atoms with Gasteiger partial charge in [0.25, 0.3) is 0 Å². The topological polar surface area (TPSA) is 59.1 Å². The maximum Gasteiger partial charge on any atom is 0.177 e. The molecule has 0 fully saturated rings. The lowest BCUT2D eigenvalue weighted by Gasteiger charge is -2.10. The fourth-order valence-electron chi connectivity index (χ4n) is 1.72. The number of nitrogens with one attached hydrogen (secondary N) is 1. The Morgan fingerprint density at radius 1 is 1.16 bits per heavy atom. The van der Waals surface area contributed by atoms with E-state index < -0.39 is 9.84 Å². The summed E-state index contributed by atoms with van der Waals surface area (Å²) in [6, 6.07) is 10.8. The molecular weight excluding hydrogens is 260 g/mol. The van der Waals surface area contributed by atoms with Crippen LogP contribution in [-0.4, -0.2) is 19.7 Å². The predicted molar refractivity (Wildman–Crippen MR) is 75.9 cm³/mol. The van der Waals surface area contributed by atoms with E-state index >= 15 is 0 Å². The predicted octanol–water partition coefficient (Wildman–Crippen LogP) is 2.41. The first kappa shape index (κ1) is 13.5. The van der Waals surface area contributed by atoms with Crippen LogP contribution < -0.4 is 5.32 Å². The Morgan fingerprint density at radius 3 is 2.53 bits per heavy atom. The van der Waals surface area contributed by atoms with Crippen molar-refractivity contribution in [1.29, 1.82) is 0 Å². The highest BCUT2D eigenvalue weighted by Gasteiger charge is 2.11. The van der Waals surface area contributed by atoms with Crippen LogP contribution in [-0.2, 0) is 16.4 Å². The number of para-hydroxylation sites is 1. The van der Waals surface area contributed by atoms with Gasteiger partial charge >= 0.3 is 0 Å². The molecular formula is C14H16N2O2S. The Bertz CT molecular complexity index is 664. The quantitative estimate of drug-likeness (QED) is 0.931. The second-order valence-electron chi connectivity index (χ2n) is 4.45. The van der Waals surface area contributed by atoms with E-state index in [9.17, 15) is 8.42 Å². The van der Waals surface area contributed by atoms with Gasteiger partial charge in [-0.25, -0.2) is 8.42 Å². The van der Waals surface area contributed by atoms with E-state index in [0.717, 1.165) is 11.3 Å². The molecule has 0 aliphatic carbocycles. The van der Waals surface area contributed by atoms with E-state index in [1.165, 1.54) is 6.26 Å². The number of hydrogen-bond acceptors (Lipinski definition) is 4. The van der Waals surface area contributed by atoms with Gasteiger partial charge in [-0.3, -0.25) is 4.98 Å². The molecule has 2 rings (SSSR count). The van der Waals surface area contributed by atoms with Gasteiger partial charge in [0.1, 0.15) is 0 Å². The second kappa shape index (κ2) is 5.40. The number of nitrogens with zero attached hydrogens (tertiary/aromatic N) is 1. The van der Waals surface area contributed by atoms with Gasteiger partial charge in [0.2, 0.25) is 0 Å². The highest BCUT2D eigenvalue weighted by atomic mass is 32.2. The molecule has 19 heavy (non-hydrogen) atoms. The summed E-state index contributed by atoms with van der Waals surface area (Å²) in [5.41, 5.74) is 2.57. The third kappa shape index (κ3) is 3.54. The van der Waals surface area contributed by atoms with Crippen molar-refractivity contribution in [3.8, 4) is 0 Å². The van der Waals surface area contributed by atoms with Crippen LogP contribution in [0.25, 0.3) is 0 Å². The Hall–Kier alpha value is -1.88. The van der Waals surface area contributed by atoms with Crippen LogP contribution in [0.15, 0.2) is 47.5 Å². The Kier molecular flexibility index (Phi) is 3.85. The van der Waals surface area contributed by atoms with Crippen molar-refractivity contribution in [1.82, 2.24) is 4.98 Å². The maximum absolute atomic E-state index is 11.7. The standard InChI is InChI=1S/C14H16N2O2S/c1-11-7-8-12(15-9-11)10-16-13-5-3-4-6-14(13)19(2,17)18/h3-9,16H,10H2,1-2H3. The van der Waals surface area contributed by atoms with Crippen molar-refractivity contribution in [3.63, 3.8) is 0 Å². The van der Waals surface area contributed by atoms with E-state index in [0.29, 0.717) is 17.1 Å². The highest BCUT2D eigenvalue weighted by Crippen LogP contribution is 2.20.